The van der Waals surface area contributed by atoms with Crippen LogP contribution in [0.15, 0.2) is 97.2 Å². The van der Waals surface area contributed by atoms with Crippen molar-refractivity contribution in [2.45, 2.75) is 269 Å². The minimum Gasteiger partial charge on any atom is -0.394 e. The van der Waals surface area contributed by atoms with Gasteiger partial charge < -0.3 is 40.3 Å². The van der Waals surface area contributed by atoms with Gasteiger partial charge in [0.15, 0.2) is 6.29 Å². The van der Waals surface area contributed by atoms with Gasteiger partial charge in [-0.25, -0.2) is 0 Å². The molecule has 7 unspecified atom stereocenters. The molecular formula is C61H105NO8. The summed E-state index contributed by atoms with van der Waals surface area (Å²) in [6, 6.07) is -0.809. The second kappa shape index (κ2) is 49.7. The second-order valence-corrected chi connectivity index (χ2v) is 19.4. The molecule has 6 N–H and O–H groups in total. The lowest BCUT2D eigenvalue weighted by Crippen LogP contribution is -2.60. The van der Waals surface area contributed by atoms with E-state index >= 15 is 0 Å². The lowest BCUT2D eigenvalue weighted by molar-refractivity contribution is -0.302. The summed E-state index contributed by atoms with van der Waals surface area (Å²) < 4.78 is 11.2. The first-order valence-electron chi connectivity index (χ1n) is 28.5. The first-order chi connectivity index (χ1) is 34.3. The minimum atomic E-state index is -1.57. The fourth-order valence-electron chi connectivity index (χ4n) is 8.43. The Morgan fingerprint density at radius 1 is 0.500 bits per heavy atom. The highest BCUT2D eigenvalue weighted by molar-refractivity contribution is 5.76. The first-order valence-corrected chi connectivity index (χ1v) is 28.5. The zero-order chi connectivity index (χ0) is 50.8. The molecule has 1 heterocycles. The molecule has 0 aliphatic carbocycles. The standard InChI is InChI=1S/C61H105NO8/c1-3-5-7-9-11-13-15-17-18-19-20-21-22-23-24-25-26-27-28-29-30-31-32-33-34-35-36-37-38-39-41-43-45-47-49-51-57(65)62-54(53-69-61-60(68)59(67)58(66)56(52-63)70-61)55(64)50-48-46-44-42-40-16-14-12-10-8-6-4-2/h5,7,11,13,17-18,20-21,23-24,26-27,29-30,48,50,54-56,58-61,63-64,66-68H,3-4,6,8-10,12,14-16,19,22,25,28,31-47,49,51-53H2,1-2H3,(H,62,65)/b7-5-,13-11-,18-17-,21-20-,24-23-,27-26-,30-29-,50-48+. The molecule has 0 radical (unpaired) electrons. The van der Waals surface area contributed by atoms with Gasteiger partial charge in [-0.1, -0.05) is 239 Å². The number of aliphatic hydroxyl groups is 5. The number of amides is 1. The Bertz CT molecular complexity index is 1420. The number of ether oxygens (including phenoxy) is 2. The lowest BCUT2D eigenvalue weighted by atomic mass is 9.99. The number of unbranched alkanes of at least 4 members (excludes halogenated alkanes) is 23. The van der Waals surface area contributed by atoms with E-state index in [4.69, 9.17) is 9.47 Å². The molecule has 0 aromatic heterocycles. The van der Waals surface area contributed by atoms with Gasteiger partial charge in [0, 0.05) is 6.42 Å². The highest BCUT2D eigenvalue weighted by Gasteiger charge is 2.44. The van der Waals surface area contributed by atoms with Crippen molar-refractivity contribution in [3.8, 4) is 0 Å². The van der Waals surface area contributed by atoms with Crippen molar-refractivity contribution in [1.29, 1.82) is 0 Å². The maximum absolute atomic E-state index is 13.0. The largest absolute Gasteiger partial charge is 0.394 e. The van der Waals surface area contributed by atoms with Crippen molar-refractivity contribution in [3.63, 3.8) is 0 Å². The molecule has 0 bridgehead atoms. The third-order valence-electron chi connectivity index (χ3n) is 12.9. The molecule has 0 saturated carbocycles. The van der Waals surface area contributed by atoms with E-state index in [9.17, 15) is 30.3 Å². The lowest BCUT2D eigenvalue weighted by Gasteiger charge is -2.40. The zero-order valence-electron chi connectivity index (χ0n) is 44.5. The summed E-state index contributed by atoms with van der Waals surface area (Å²) in [5, 5.41) is 54.3. The van der Waals surface area contributed by atoms with E-state index in [-0.39, 0.29) is 12.5 Å². The fraction of sp³-hybridized carbons (Fsp3) is 0.721. The summed E-state index contributed by atoms with van der Waals surface area (Å²) >= 11 is 0. The highest BCUT2D eigenvalue weighted by Crippen LogP contribution is 2.23. The third-order valence-corrected chi connectivity index (χ3v) is 12.9. The number of carbonyl (C=O) groups excluding carboxylic acids is 1. The Kier molecular flexibility index (Phi) is 46.2. The molecule has 1 aliphatic rings. The van der Waals surface area contributed by atoms with Crippen LogP contribution in [0.4, 0.5) is 0 Å². The third kappa shape index (κ3) is 38.7. The number of carbonyl (C=O) groups is 1. The molecule has 1 saturated heterocycles. The molecule has 1 aliphatic heterocycles. The first kappa shape index (κ1) is 65.1. The molecule has 9 nitrogen and oxygen atoms in total. The highest BCUT2D eigenvalue weighted by atomic mass is 16.7. The molecule has 9 heteroatoms. The van der Waals surface area contributed by atoms with Crippen molar-refractivity contribution in [3.05, 3.63) is 97.2 Å². The van der Waals surface area contributed by atoms with Gasteiger partial charge in [0.2, 0.25) is 5.91 Å². The predicted molar refractivity (Wildman–Crippen MR) is 294 cm³/mol. The van der Waals surface area contributed by atoms with Gasteiger partial charge in [-0.2, -0.15) is 0 Å². The molecule has 0 aromatic carbocycles. The van der Waals surface area contributed by atoms with E-state index in [1.807, 2.05) is 6.08 Å². The van der Waals surface area contributed by atoms with E-state index < -0.39 is 49.5 Å². The van der Waals surface area contributed by atoms with Crippen molar-refractivity contribution >= 4 is 5.91 Å². The van der Waals surface area contributed by atoms with Crippen LogP contribution >= 0.6 is 0 Å². The van der Waals surface area contributed by atoms with Gasteiger partial charge in [0.1, 0.15) is 24.4 Å². The molecule has 7 atom stereocenters. The molecule has 1 fully saturated rings. The van der Waals surface area contributed by atoms with Gasteiger partial charge >= 0.3 is 0 Å². The normalized spacial score (nSPS) is 20.1. The summed E-state index contributed by atoms with van der Waals surface area (Å²) in [7, 11) is 0. The summed E-state index contributed by atoms with van der Waals surface area (Å²) in [6.07, 6.45) is 64.8. The Balaban J connectivity index is 2.14. The maximum atomic E-state index is 13.0. The van der Waals surface area contributed by atoms with Crippen LogP contribution in [-0.2, 0) is 14.3 Å². The summed E-state index contributed by atoms with van der Waals surface area (Å²) in [5.41, 5.74) is 0. The molecular weight excluding hydrogens is 875 g/mol. The molecule has 70 heavy (non-hydrogen) atoms. The molecule has 0 aromatic rings. The number of nitrogens with one attached hydrogen (secondary N) is 1. The average Bonchev–Trinajstić information content (AvgIpc) is 3.36. The second-order valence-electron chi connectivity index (χ2n) is 19.4. The maximum Gasteiger partial charge on any atom is 0.220 e. The Morgan fingerprint density at radius 2 is 0.886 bits per heavy atom. The van der Waals surface area contributed by atoms with E-state index in [0.29, 0.717) is 6.42 Å². The molecule has 0 spiro atoms. The monoisotopic (exact) mass is 980 g/mol. The molecule has 402 valence electrons. The van der Waals surface area contributed by atoms with Gasteiger partial charge in [-0.05, 0) is 77.0 Å². The number of hydrogen-bond donors (Lipinski definition) is 6. The van der Waals surface area contributed by atoms with Crippen molar-refractivity contribution in [2.24, 2.45) is 0 Å². The SMILES string of the molecule is CC/C=C\C/C=C\C/C=C\C/C=C\C/C=C\C/C=C\C/C=C\CCCCCCCCCCCCCCCC(=O)NC(COC1OC(CO)C(O)C(O)C1O)C(O)/C=C/CCCCCCCCCCCC. The van der Waals surface area contributed by atoms with Crippen LogP contribution in [0.2, 0.25) is 0 Å². The summed E-state index contributed by atoms with van der Waals surface area (Å²) in [6.45, 7) is 3.64. The fourth-order valence-corrected chi connectivity index (χ4v) is 8.43. The van der Waals surface area contributed by atoms with Crippen molar-refractivity contribution < 1.29 is 39.8 Å². The number of aliphatic hydroxyl groups excluding tert-OH is 5. The smallest absolute Gasteiger partial charge is 0.220 e. The summed E-state index contributed by atoms with van der Waals surface area (Å²) in [5.74, 6) is -0.183. The van der Waals surface area contributed by atoms with Gasteiger partial charge in [-0.3, -0.25) is 4.79 Å². The van der Waals surface area contributed by atoms with Crippen molar-refractivity contribution in [2.75, 3.05) is 13.2 Å². The number of allylic oxidation sites excluding steroid dienone is 15. The topological polar surface area (TPSA) is 149 Å². The van der Waals surface area contributed by atoms with Crippen LogP contribution in [0, 0.1) is 0 Å². The zero-order valence-corrected chi connectivity index (χ0v) is 44.5. The van der Waals surface area contributed by atoms with E-state index in [1.54, 1.807) is 6.08 Å². The van der Waals surface area contributed by atoms with E-state index in [1.165, 1.54) is 122 Å². The summed E-state index contributed by atoms with van der Waals surface area (Å²) in [4.78, 5) is 13.0. The molecule has 1 amide bonds. The Labute approximate surface area is 428 Å². The average molecular weight is 981 g/mol. The van der Waals surface area contributed by atoms with Crippen LogP contribution in [0.25, 0.3) is 0 Å². The van der Waals surface area contributed by atoms with Gasteiger partial charge in [0.05, 0.1) is 25.4 Å². The van der Waals surface area contributed by atoms with Gasteiger partial charge in [0.25, 0.3) is 0 Å². The molecule has 1 rings (SSSR count). The van der Waals surface area contributed by atoms with Crippen molar-refractivity contribution in [1.82, 2.24) is 5.32 Å². The van der Waals surface area contributed by atoms with Gasteiger partial charge in [-0.15, -0.1) is 0 Å². The Morgan fingerprint density at radius 3 is 1.31 bits per heavy atom. The number of hydrogen-bond acceptors (Lipinski definition) is 8. The van der Waals surface area contributed by atoms with Crippen LogP contribution in [0.5, 0.6) is 0 Å². The number of rotatable bonds is 47. The van der Waals surface area contributed by atoms with Crippen LogP contribution in [0.3, 0.4) is 0 Å². The van der Waals surface area contributed by atoms with E-state index in [2.05, 4.69) is 104 Å². The van der Waals surface area contributed by atoms with Crippen LogP contribution in [0.1, 0.15) is 226 Å². The minimum absolute atomic E-state index is 0.183. The quantitative estimate of drug-likeness (QED) is 0.0261. The van der Waals surface area contributed by atoms with Crippen LogP contribution in [-0.4, -0.2) is 87.5 Å². The van der Waals surface area contributed by atoms with Crippen LogP contribution < -0.4 is 5.32 Å². The van der Waals surface area contributed by atoms with E-state index in [0.717, 1.165) is 83.5 Å². The predicted octanol–water partition coefficient (Wildman–Crippen LogP) is 14.0. The Hall–Kier alpha value is -2.89.